The van der Waals surface area contributed by atoms with E-state index in [4.69, 9.17) is 0 Å². The molecule has 0 aliphatic carbocycles. The second kappa shape index (κ2) is 5.82. The summed E-state index contributed by atoms with van der Waals surface area (Å²) in [5.41, 5.74) is 3.66. The quantitative estimate of drug-likeness (QED) is 0.372. The molecule has 0 aliphatic heterocycles. The zero-order valence-corrected chi connectivity index (χ0v) is 7.63. The standard InChI is InChI=1S/C7H16N4/c1-6(2)7(8-3)5-10-11-9-4/h6H,5H2,1-4H3,(H,9,10)/b8-7+. The highest BCUT2D eigenvalue weighted by molar-refractivity contribution is 5.87. The first-order valence-electron chi connectivity index (χ1n) is 3.71. The van der Waals surface area contributed by atoms with E-state index in [0.29, 0.717) is 12.5 Å². The maximum Gasteiger partial charge on any atom is 0.100 e. The molecule has 0 unspecified atom stereocenters. The van der Waals surface area contributed by atoms with Crippen molar-refractivity contribution < 1.29 is 0 Å². The smallest absolute Gasteiger partial charge is 0.100 e. The Morgan fingerprint density at radius 2 is 2.09 bits per heavy atom. The van der Waals surface area contributed by atoms with E-state index in [9.17, 15) is 0 Å². The second-order valence-corrected chi connectivity index (χ2v) is 2.49. The molecule has 0 bridgehead atoms. The van der Waals surface area contributed by atoms with E-state index in [1.54, 1.807) is 14.1 Å². The van der Waals surface area contributed by atoms with Crippen molar-refractivity contribution >= 4 is 5.71 Å². The van der Waals surface area contributed by atoms with Crippen LogP contribution in [0.4, 0.5) is 0 Å². The van der Waals surface area contributed by atoms with E-state index in [1.807, 2.05) is 0 Å². The summed E-state index contributed by atoms with van der Waals surface area (Å²) in [7, 11) is 3.51. The summed E-state index contributed by atoms with van der Waals surface area (Å²) in [6.45, 7) is 4.78. The molecule has 0 saturated carbocycles. The zero-order chi connectivity index (χ0) is 8.69. The Morgan fingerprint density at radius 3 is 2.45 bits per heavy atom. The fourth-order valence-electron chi connectivity index (χ4n) is 0.690. The molecule has 0 heterocycles. The second-order valence-electron chi connectivity index (χ2n) is 2.49. The molecule has 0 aromatic heterocycles. The highest BCUT2D eigenvalue weighted by Gasteiger charge is 2.01. The lowest BCUT2D eigenvalue weighted by atomic mass is 10.1. The summed E-state index contributed by atoms with van der Waals surface area (Å²) in [6, 6.07) is 0. The third-order valence-corrected chi connectivity index (χ3v) is 1.36. The van der Waals surface area contributed by atoms with E-state index in [0.717, 1.165) is 5.71 Å². The van der Waals surface area contributed by atoms with Crippen molar-refractivity contribution in [2.75, 3.05) is 20.6 Å². The lowest BCUT2D eigenvalue weighted by Gasteiger charge is -2.03. The topological polar surface area (TPSA) is 49.1 Å². The number of nitrogens with one attached hydrogen (secondary N) is 1. The molecule has 0 radical (unpaired) electrons. The molecule has 64 valence electrons. The molecule has 0 rings (SSSR count). The van der Waals surface area contributed by atoms with Gasteiger partial charge >= 0.3 is 0 Å². The van der Waals surface area contributed by atoms with Crippen LogP contribution in [0.5, 0.6) is 0 Å². The molecule has 0 atom stereocenters. The first kappa shape index (κ1) is 10.1. The predicted octanol–water partition coefficient (Wildman–Crippen LogP) is 1.30. The molecule has 0 aromatic carbocycles. The van der Waals surface area contributed by atoms with Crippen LogP contribution in [0.1, 0.15) is 13.8 Å². The van der Waals surface area contributed by atoms with Gasteiger partial charge in [0.2, 0.25) is 0 Å². The van der Waals surface area contributed by atoms with Crippen molar-refractivity contribution in [3.05, 3.63) is 0 Å². The van der Waals surface area contributed by atoms with Crippen LogP contribution in [0.15, 0.2) is 15.3 Å². The minimum Gasteiger partial charge on any atom is -0.295 e. The van der Waals surface area contributed by atoms with Gasteiger partial charge in [-0.1, -0.05) is 19.1 Å². The van der Waals surface area contributed by atoms with Gasteiger partial charge in [0.25, 0.3) is 0 Å². The maximum atomic E-state index is 4.09. The third-order valence-electron chi connectivity index (χ3n) is 1.36. The van der Waals surface area contributed by atoms with Crippen molar-refractivity contribution in [1.82, 2.24) is 5.43 Å². The van der Waals surface area contributed by atoms with E-state index < -0.39 is 0 Å². The monoisotopic (exact) mass is 156 g/mol. The lowest BCUT2D eigenvalue weighted by molar-refractivity contribution is 0.777. The van der Waals surface area contributed by atoms with E-state index >= 15 is 0 Å². The van der Waals surface area contributed by atoms with Gasteiger partial charge in [-0.25, -0.2) is 0 Å². The third kappa shape index (κ3) is 4.47. The highest BCUT2D eigenvalue weighted by Crippen LogP contribution is 1.96. The number of hydrogen-bond donors (Lipinski definition) is 1. The maximum absolute atomic E-state index is 4.09. The van der Waals surface area contributed by atoms with Crippen LogP contribution in [0.3, 0.4) is 0 Å². The molecule has 0 amide bonds. The van der Waals surface area contributed by atoms with Crippen LogP contribution >= 0.6 is 0 Å². The normalized spacial score (nSPS) is 13.0. The average molecular weight is 156 g/mol. The van der Waals surface area contributed by atoms with Gasteiger partial charge in [0.05, 0.1) is 0 Å². The molecule has 0 aliphatic rings. The zero-order valence-electron chi connectivity index (χ0n) is 7.63. The molecule has 0 aromatic rings. The van der Waals surface area contributed by atoms with Gasteiger partial charge in [0, 0.05) is 19.8 Å². The summed E-state index contributed by atoms with van der Waals surface area (Å²) in [5.74, 6) is 0.454. The van der Waals surface area contributed by atoms with Crippen molar-refractivity contribution in [3.63, 3.8) is 0 Å². The SMILES string of the molecule is C/N=C(\C/N=N\NC)C(C)C. The first-order chi connectivity index (χ1) is 5.22. The van der Waals surface area contributed by atoms with Gasteiger partial charge in [-0.05, 0) is 5.92 Å². The van der Waals surface area contributed by atoms with E-state index in [-0.39, 0.29) is 0 Å². The Hall–Kier alpha value is -0.930. The summed E-state index contributed by atoms with van der Waals surface area (Å²) >= 11 is 0. The number of nitrogens with zero attached hydrogens (tertiary/aromatic N) is 3. The van der Waals surface area contributed by atoms with Crippen molar-refractivity contribution in [2.24, 2.45) is 21.2 Å². The Bertz CT molecular complexity index is 149. The number of aliphatic imine (C=N–C) groups is 1. The Kier molecular flexibility index (Phi) is 5.33. The fraction of sp³-hybridized carbons (Fsp3) is 0.857. The molecule has 1 N–H and O–H groups in total. The van der Waals surface area contributed by atoms with Crippen molar-refractivity contribution in [2.45, 2.75) is 13.8 Å². The van der Waals surface area contributed by atoms with Gasteiger partial charge in [-0.2, -0.15) is 5.11 Å². The minimum absolute atomic E-state index is 0.454. The molecule has 0 saturated heterocycles. The summed E-state index contributed by atoms with van der Waals surface area (Å²) in [6.07, 6.45) is 0. The molecule has 11 heavy (non-hydrogen) atoms. The van der Waals surface area contributed by atoms with Gasteiger partial charge in [-0.3, -0.25) is 10.4 Å². The summed E-state index contributed by atoms with van der Waals surface area (Å²) < 4.78 is 0. The molecular weight excluding hydrogens is 140 g/mol. The molecule has 0 fully saturated rings. The van der Waals surface area contributed by atoms with Crippen LogP contribution in [0.25, 0.3) is 0 Å². The molecule has 4 heteroatoms. The Balaban J connectivity index is 3.81. The minimum atomic E-state index is 0.454. The van der Waals surface area contributed by atoms with Crippen molar-refractivity contribution in [1.29, 1.82) is 0 Å². The highest BCUT2D eigenvalue weighted by atomic mass is 15.4. The largest absolute Gasteiger partial charge is 0.295 e. The van der Waals surface area contributed by atoms with Gasteiger partial charge in [-0.15, -0.1) is 0 Å². The average Bonchev–Trinajstić information content (AvgIpc) is 1.97. The summed E-state index contributed by atoms with van der Waals surface area (Å²) in [5, 5.41) is 7.50. The van der Waals surface area contributed by atoms with Crippen LogP contribution < -0.4 is 5.43 Å². The number of hydrogen-bond acceptors (Lipinski definition) is 3. The van der Waals surface area contributed by atoms with E-state index in [1.165, 1.54) is 0 Å². The van der Waals surface area contributed by atoms with Crippen LogP contribution in [0.2, 0.25) is 0 Å². The van der Waals surface area contributed by atoms with Gasteiger partial charge in [0.1, 0.15) is 6.54 Å². The van der Waals surface area contributed by atoms with Crippen LogP contribution in [0, 0.1) is 5.92 Å². The van der Waals surface area contributed by atoms with Crippen LogP contribution in [-0.4, -0.2) is 26.4 Å². The molecule has 4 nitrogen and oxygen atoms in total. The molecular formula is C7H16N4. The first-order valence-corrected chi connectivity index (χ1v) is 3.71. The Labute approximate surface area is 67.8 Å². The van der Waals surface area contributed by atoms with Crippen molar-refractivity contribution in [3.8, 4) is 0 Å². The lowest BCUT2D eigenvalue weighted by Crippen LogP contribution is -2.11. The Morgan fingerprint density at radius 1 is 1.45 bits per heavy atom. The summed E-state index contributed by atoms with van der Waals surface area (Å²) in [4.78, 5) is 4.09. The molecule has 0 spiro atoms. The van der Waals surface area contributed by atoms with Gasteiger partial charge < -0.3 is 0 Å². The fourth-order valence-corrected chi connectivity index (χ4v) is 0.690. The van der Waals surface area contributed by atoms with Gasteiger partial charge in [0.15, 0.2) is 0 Å². The predicted molar refractivity (Wildman–Crippen MR) is 47.0 cm³/mol. The van der Waals surface area contributed by atoms with E-state index in [2.05, 4.69) is 34.6 Å². The van der Waals surface area contributed by atoms with Crippen LogP contribution in [-0.2, 0) is 0 Å². The number of rotatable bonds is 4.